The third-order valence-electron chi connectivity index (χ3n) is 5.31. The molecule has 24 heavy (non-hydrogen) atoms. The van der Waals surface area contributed by atoms with E-state index >= 15 is 0 Å². The third kappa shape index (κ3) is 3.89. The first-order valence-electron chi connectivity index (χ1n) is 8.97. The van der Waals surface area contributed by atoms with E-state index in [0.29, 0.717) is 6.54 Å². The number of carbonyl (C=O) groups excluding carboxylic acids is 1. The van der Waals surface area contributed by atoms with Gasteiger partial charge in [-0.2, -0.15) is 11.8 Å². The number of amides is 1. The molecule has 1 aromatic carbocycles. The third-order valence-corrected chi connectivity index (χ3v) is 5.92. The lowest BCUT2D eigenvalue weighted by molar-refractivity contribution is -0.0132. The first-order valence-corrected chi connectivity index (χ1v) is 10.4. The topological polar surface area (TPSA) is 41.6 Å². The summed E-state index contributed by atoms with van der Waals surface area (Å²) < 4.78 is 6.42. The molecule has 1 saturated heterocycles. The minimum Gasteiger partial charge on any atom is -0.487 e. The van der Waals surface area contributed by atoms with Crippen LogP contribution < -0.4 is 10.1 Å². The summed E-state index contributed by atoms with van der Waals surface area (Å²) in [5, 5.41) is 2.97. The highest BCUT2D eigenvalue weighted by Gasteiger charge is 2.39. The van der Waals surface area contributed by atoms with E-state index in [2.05, 4.69) is 17.1 Å². The summed E-state index contributed by atoms with van der Waals surface area (Å²) in [6, 6.07) is 5.90. The van der Waals surface area contributed by atoms with Crippen LogP contribution in [0.25, 0.3) is 0 Å². The molecule has 1 fully saturated rings. The zero-order valence-electron chi connectivity index (χ0n) is 14.8. The molecule has 1 aromatic rings. The fourth-order valence-corrected chi connectivity index (χ4v) is 3.97. The number of hydrogen-bond donors (Lipinski definition) is 1. The highest BCUT2D eigenvalue weighted by atomic mass is 32.2. The van der Waals surface area contributed by atoms with Crippen LogP contribution in [0.15, 0.2) is 18.2 Å². The van der Waals surface area contributed by atoms with Crippen LogP contribution in [0.4, 0.5) is 0 Å². The van der Waals surface area contributed by atoms with E-state index in [4.69, 9.17) is 4.74 Å². The number of nitrogens with zero attached hydrogens (tertiary/aromatic N) is 1. The maximum absolute atomic E-state index is 12.2. The molecular weight excluding hydrogens is 320 g/mol. The Bertz CT molecular complexity index is 583. The molecule has 0 aliphatic carbocycles. The standard InChI is InChI=1S/C19H28N2O2S/c1-3-21-11-8-19(9-12-21)7-6-15-14-16(4-5-17(15)23-19)18(22)20-10-13-24-2/h4-5,14H,3,6-13H2,1-2H3,(H,20,22). The van der Waals surface area contributed by atoms with E-state index < -0.39 is 0 Å². The van der Waals surface area contributed by atoms with Gasteiger partial charge >= 0.3 is 0 Å². The van der Waals surface area contributed by atoms with Crippen molar-refractivity contribution in [2.75, 3.05) is 38.2 Å². The smallest absolute Gasteiger partial charge is 0.251 e. The van der Waals surface area contributed by atoms with Gasteiger partial charge in [-0.1, -0.05) is 6.92 Å². The van der Waals surface area contributed by atoms with Gasteiger partial charge in [-0.05, 0) is 62.2 Å². The number of rotatable bonds is 5. The van der Waals surface area contributed by atoms with Gasteiger partial charge in [0.25, 0.3) is 5.91 Å². The van der Waals surface area contributed by atoms with Gasteiger partial charge in [0.2, 0.25) is 0 Å². The summed E-state index contributed by atoms with van der Waals surface area (Å²) in [5.74, 6) is 1.94. The van der Waals surface area contributed by atoms with Crippen molar-refractivity contribution in [2.45, 2.75) is 38.2 Å². The fraction of sp³-hybridized carbons (Fsp3) is 0.632. The number of ether oxygens (including phenoxy) is 1. The van der Waals surface area contributed by atoms with Crippen molar-refractivity contribution in [3.63, 3.8) is 0 Å². The molecule has 1 spiro atoms. The second kappa shape index (κ2) is 7.79. The summed E-state index contributed by atoms with van der Waals surface area (Å²) in [7, 11) is 0. The number of fused-ring (bicyclic) bond motifs is 1. The molecule has 1 amide bonds. The molecule has 132 valence electrons. The molecule has 2 heterocycles. The SMILES string of the molecule is CCN1CCC2(CCc3cc(C(=O)NCCSC)ccc3O2)CC1. The van der Waals surface area contributed by atoms with Crippen LogP contribution in [0.5, 0.6) is 5.75 Å². The Hall–Kier alpha value is -1.20. The lowest BCUT2D eigenvalue weighted by Gasteiger charge is -2.44. The van der Waals surface area contributed by atoms with E-state index in [1.165, 1.54) is 5.56 Å². The number of hydrogen-bond acceptors (Lipinski definition) is 4. The van der Waals surface area contributed by atoms with Gasteiger partial charge in [-0.15, -0.1) is 0 Å². The molecule has 2 aliphatic rings. The van der Waals surface area contributed by atoms with Gasteiger partial charge in [0.1, 0.15) is 11.4 Å². The average molecular weight is 349 g/mol. The van der Waals surface area contributed by atoms with Crippen molar-refractivity contribution in [3.8, 4) is 5.75 Å². The van der Waals surface area contributed by atoms with Crippen molar-refractivity contribution in [3.05, 3.63) is 29.3 Å². The largest absolute Gasteiger partial charge is 0.487 e. The van der Waals surface area contributed by atoms with Gasteiger partial charge in [0.15, 0.2) is 0 Å². The van der Waals surface area contributed by atoms with Gasteiger partial charge < -0.3 is 15.0 Å². The van der Waals surface area contributed by atoms with E-state index in [0.717, 1.165) is 62.4 Å². The molecule has 1 N–H and O–H groups in total. The predicted octanol–water partition coefficient (Wildman–Crippen LogP) is 2.96. The number of nitrogens with one attached hydrogen (secondary N) is 1. The minimum absolute atomic E-state index is 0.0147. The Morgan fingerprint density at radius 1 is 1.33 bits per heavy atom. The molecular formula is C19H28N2O2S. The number of aryl methyl sites for hydroxylation is 1. The van der Waals surface area contributed by atoms with Crippen LogP contribution in [0, 0.1) is 0 Å². The van der Waals surface area contributed by atoms with Crippen molar-refractivity contribution in [2.24, 2.45) is 0 Å². The summed E-state index contributed by atoms with van der Waals surface area (Å²) in [6.07, 6.45) is 6.33. The number of thioether (sulfide) groups is 1. The van der Waals surface area contributed by atoms with E-state index in [1.54, 1.807) is 11.8 Å². The van der Waals surface area contributed by atoms with Crippen LogP contribution in [0.3, 0.4) is 0 Å². The molecule has 4 nitrogen and oxygen atoms in total. The van der Waals surface area contributed by atoms with Gasteiger partial charge in [-0.25, -0.2) is 0 Å². The highest BCUT2D eigenvalue weighted by Crippen LogP contribution is 2.39. The summed E-state index contributed by atoms with van der Waals surface area (Å²) in [5.41, 5.74) is 1.94. The van der Waals surface area contributed by atoms with Crippen LogP contribution in [0.2, 0.25) is 0 Å². The zero-order valence-corrected chi connectivity index (χ0v) is 15.6. The Kier molecular flexibility index (Phi) is 5.72. The lowest BCUT2D eigenvalue weighted by atomic mass is 9.83. The summed E-state index contributed by atoms with van der Waals surface area (Å²) >= 11 is 1.74. The van der Waals surface area contributed by atoms with Gasteiger partial charge in [0.05, 0.1) is 0 Å². The van der Waals surface area contributed by atoms with E-state index in [-0.39, 0.29) is 11.5 Å². The molecule has 2 aliphatic heterocycles. The lowest BCUT2D eigenvalue weighted by Crippen LogP contribution is -2.49. The second-order valence-corrected chi connectivity index (χ2v) is 7.78. The molecule has 0 atom stereocenters. The maximum Gasteiger partial charge on any atom is 0.251 e. The Morgan fingerprint density at radius 3 is 2.83 bits per heavy atom. The summed E-state index contributed by atoms with van der Waals surface area (Å²) in [6.45, 7) is 6.32. The monoisotopic (exact) mass is 348 g/mol. The number of piperidine rings is 1. The Labute approximate surface area is 149 Å². The molecule has 0 saturated carbocycles. The summed E-state index contributed by atoms with van der Waals surface area (Å²) in [4.78, 5) is 14.7. The van der Waals surface area contributed by atoms with Crippen molar-refractivity contribution in [1.82, 2.24) is 10.2 Å². The van der Waals surface area contributed by atoms with Crippen LogP contribution >= 0.6 is 11.8 Å². The Balaban J connectivity index is 1.65. The van der Waals surface area contributed by atoms with Crippen molar-refractivity contribution < 1.29 is 9.53 Å². The highest BCUT2D eigenvalue weighted by molar-refractivity contribution is 7.98. The van der Waals surface area contributed by atoms with Crippen molar-refractivity contribution in [1.29, 1.82) is 0 Å². The minimum atomic E-state index is 0.0147. The van der Waals surface area contributed by atoms with Crippen LogP contribution in [0.1, 0.15) is 42.1 Å². The molecule has 0 radical (unpaired) electrons. The van der Waals surface area contributed by atoms with Crippen molar-refractivity contribution >= 4 is 17.7 Å². The first kappa shape index (κ1) is 17.6. The molecule has 5 heteroatoms. The molecule has 0 bridgehead atoms. The van der Waals surface area contributed by atoms with E-state index in [1.807, 2.05) is 24.5 Å². The number of likely N-dealkylation sites (tertiary alicyclic amines) is 1. The fourth-order valence-electron chi connectivity index (χ4n) is 3.66. The predicted molar refractivity (Wildman–Crippen MR) is 100 cm³/mol. The Morgan fingerprint density at radius 2 is 2.12 bits per heavy atom. The number of benzene rings is 1. The van der Waals surface area contributed by atoms with Gasteiger partial charge in [-0.3, -0.25) is 4.79 Å². The van der Waals surface area contributed by atoms with Crippen LogP contribution in [-0.4, -0.2) is 54.6 Å². The first-order chi connectivity index (χ1) is 11.7. The molecule has 0 aromatic heterocycles. The van der Waals surface area contributed by atoms with Gasteiger partial charge in [0, 0.05) is 31.0 Å². The molecule has 0 unspecified atom stereocenters. The average Bonchev–Trinajstić information content (AvgIpc) is 2.62. The second-order valence-electron chi connectivity index (χ2n) is 6.79. The normalized spacial score (nSPS) is 19.6. The quantitative estimate of drug-likeness (QED) is 0.831. The van der Waals surface area contributed by atoms with E-state index in [9.17, 15) is 4.79 Å². The van der Waals surface area contributed by atoms with Crippen LogP contribution in [-0.2, 0) is 6.42 Å². The molecule has 3 rings (SSSR count). The number of carbonyl (C=O) groups is 1. The zero-order chi connectivity index (χ0) is 17.0. The maximum atomic E-state index is 12.2.